The quantitative estimate of drug-likeness (QED) is 0.399. The van der Waals surface area contributed by atoms with E-state index in [0.29, 0.717) is 16.6 Å². The molecule has 0 aliphatic heterocycles. The minimum atomic E-state index is -0.0110. The van der Waals surface area contributed by atoms with E-state index < -0.39 is 0 Å². The molecule has 0 bridgehead atoms. The SMILES string of the molecule is COc1ccc(SCCCC(=O)Nc2nc3c(C)c(Cl)ccc3s2)cc1. The second-order valence-electron chi connectivity index (χ2n) is 5.71. The number of aryl methyl sites for hydroxylation is 1. The largest absolute Gasteiger partial charge is 0.497 e. The molecule has 0 saturated heterocycles. The molecular formula is C19H19ClN2O2S2. The van der Waals surface area contributed by atoms with Gasteiger partial charge in [-0.15, -0.1) is 11.8 Å². The van der Waals surface area contributed by atoms with Gasteiger partial charge in [-0.3, -0.25) is 4.79 Å². The lowest BCUT2D eigenvalue weighted by atomic mass is 10.2. The molecule has 7 heteroatoms. The van der Waals surface area contributed by atoms with Crippen LogP contribution in [0.1, 0.15) is 18.4 Å². The van der Waals surface area contributed by atoms with Gasteiger partial charge in [0.15, 0.2) is 5.13 Å². The number of amides is 1. The van der Waals surface area contributed by atoms with Gasteiger partial charge in [-0.05, 0) is 61.1 Å². The third-order valence-electron chi connectivity index (χ3n) is 3.87. The van der Waals surface area contributed by atoms with Crippen molar-refractivity contribution in [3.8, 4) is 5.75 Å². The molecule has 1 heterocycles. The Balaban J connectivity index is 1.47. The summed E-state index contributed by atoms with van der Waals surface area (Å²) in [5.41, 5.74) is 1.80. The van der Waals surface area contributed by atoms with Gasteiger partial charge < -0.3 is 10.1 Å². The molecule has 0 spiro atoms. The molecule has 1 amide bonds. The highest BCUT2D eigenvalue weighted by molar-refractivity contribution is 7.99. The first-order chi connectivity index (χ1) is 12.6. The Labute approximate surface area is 165 Å². The number of methoxy groups -OCH3 is 1. The number of carbonyl (C=O) groups excluding carboxylic acids is 1. The van der Waals surface area contributed by atoms with Gasteiger partial charge in [-0.25, -0.2) is 4.98 Å². The number of fused-ring (bicyclic) bond motifs is 1. The summed E-state index contributed by atoms with van der Waals surface area (Å²) in [7, 11) is 1.65. The van der Waals surface area contributed by atoms with Crippen molar-refractivity contribution in [2.45, 2.75) is 24.7 Å². The molecule has 136 valence electrons. The molecule has 1 aromatic heterocycles. The topological polar surface area (TPSA) is 51.2 Å². The molecule has 4 nitrogen and oxygen atoms in total. The van der Waals surface area contributed by atoms with Gasteiger partial charge in [0.2, 0.25) is 5.91 Å². The molecule has 0 saturated carbocycles. The van der Waals surface area contributed by atoms with E-state index in [1.165, 1.54) is 16.2 Å². The molecule has 0 fully saturated rings. The van der Waals surface area contributed by atoms with E-state index in [1.54, 1.807) is 18.9 Å². The average Bonchev–Trinajstić information content (AvgIpc) is 3.05. The number of nitrogens with one attached hydrogen (secondary N) is 1. The maximum absolute atomic E-state index is 12.1. The highest BCUT2D eigenvalue weighted by atomic mass is 35.5. The van der Waals surface area contributed by atoms with Crippen LogP contribution >= 0.6 is 34.7 Å². The Hall–Kier alpha value is -1.76. The first kappa shape index (κ1) is 19.0. The van der Waals surface area contributed by atoms with E-state index in [-0.39, 0.29) is 5.91 Å². The molecule has 1 N–H and O–H groups in total. The number of halogens is 1. The lowest BCUT2D eigenvalue weighted by Crippen LogP contribution is -2.11. The van der Waals surface area contributed by atoms with Crippen LogP contribution in [-0.2, 0) is 4.79 Å². The summed E-state index contributed by atoms with van der Waals surface area (Å²) in [6, 6.07) is 11.7. The summed E-state index contributed by atoms with van der Waals surface area (Å²) >= 11 is 9.32. The maximum atomic E-state index is 12.1. The lowest BCUT2D eigenvalue weighted by molar-refractivity contribution is -0.116. The predicted molar refractivity (Wildman–Crippen MR) is 111 cm³/mol. The maximum Gasteiger partial charge on any atom is 0.226 e. The molecule has 26 heavy (non-hydrogen) atoms. The molecule has 2 aromatic carbocycles. The minimum absolute atomic E-state index is 0.0110. The summed E-state index contributed by atoms with van der Waals surface area (Å²) in [6.07, 6.45) is 1.27. The third kappa shape index (κ3) is 4.69. The monoisotopic (exact) mass is 406 g/mol. The summed E-state index contributed by atoms with van der Waals surface area (Å²) in [4.78, 5) is 17.8. The summed E-state index contributed by atoms with van der Waals surface area (Å²) in [5, 5.41) is 4.21. The third-order valence-corrected chi connectivity index (χ3v) is 6.31. The standard InChI is InChI=1S/C19H19ClN2O2S2/c1-12-15(20)9-10-16-18(12)22-19(26-16)21-17(23)4-3-11-25-14-7-5-13(24-2)6-8-14/h5-10H,3-4,11H2,1-2H3,(H,21,22,23). The smallest absolute Gasteiger partial charge is 0.226 e. The Morgan fingerprint density at radius 1 is 1.27 bits per heavy atom. The van der Waals surface area contributed by atoms with Crippen LogP contribution in [0.5, 0.6) is 5.75 Å². The van der Waals surface area contributed by atoms with Gasteiger partial charge in [-0.2, -0.15) is 0 Å². The van der Waals surface area contributed by atoms with Crippen molar-refractivity contribution in [1.29, 1.82) is 0 Å². The number of hydrogen-bond acceptors (Lipinski definition) is 5. The van der Waals surface area contributed by atoms with Gasteiger partial charge in [0.1, 0.15) is 5.75 Å². The molecule has 0 aliphatic carbocycles. The number of nitrogens with zero attached hydrogens (tertiary/aromatic N) is 1. The lowest BCUT2D eigenvalue weighted by Gasteiger charge is -2.04. The predicted octanol–water partition coefficient (Wildman–Crippen LogP) is 5.78. The first-order valence-electron chi connectivity index (χ1n) is 8.19. The Morgan fingerprint density at radius 2 is 2.04 bits per heavy atom. The van der Waals surface area contributed by atoms with Gasteiger partial charge in [0.05, 0.1) is 17.3 Å². The molecular weight excluding hydrogens is 388 g/mol. The molecule has 0 unspecified atom stereocenters. The molecule has 3 rings (SSSR count). The van der Waals surface area contributed by atoms with Crippen LogP contribution in [0, 0.1) is 6.92 Å². The Kier molecular flexibility index (Phi) is 6.40. The number of hydrogen-bond donors (Lipinski definition) is 1. The number of thiazole rings is 1. The molecule has 0 radical (unpaired) electrons. The van der Waals surface area contributed by atoms with E-state index in [2.05, 4.69) is 10.3 Å². The summed E-state index contributed by atoms with van der Waals surface area (Å²) in [5.74, 6) is 1.72. The second kappa shape index (κ2) is 8.75. The van der Waals surface area contributed by atoms with E-state index in [1.807, 2.05) is 43.3 Å². The zero-order chi connectivity index (χ0) is 18.5. The number of carbonyl (C=O) groups is 1. The van der Waals surface area contributed by atoms with Crippen LogP contribution in [0.15, 0.2) is 41.3 Å². The normalized spacial score (nSPS) is 10.9. The van der Waals surface area contributed by atoms with Crippen LogP contribution in [0.3, 0.4) is 0 Å². The van der Waals surface area contributed by atoms with Gasteiger partial charge in [0.25, 0.3) is 0 Å². The Bertz CT molecular complexity index is 910. The minimum Gasteiger partial charge on any atom is -0.497 e. The molecule has 3 aromatic rings. The van der Waals surface area contributed by atoms with Crippen molar-refractivity contribution in [3.63, 3.8) is 0 Å². The van der Waals surface area contributed by atoms with Crippen molar-refractivity contribution in [2.75, 3.05) is 18.2 Å². The van der Waals surface area contributed by atoms with Crippen LogP contribution < -0.4 is 10.1 Å². The van der Waals surface area contributed by atoms with E-state index in [4.69, 9.17) is 16.3 Å². The van der Waals surface area contributed by atoms with Gasteiger partial charge >= 0.3 is 0 Å². The van der Waals surface area contributed by atoms with Crippen LogP contribution in [0.4, 0.5) is 5.13 Å². The van der Waals surface area contributed by atoms with E-state index >= 15 is 0 Å². The van der Waals surface area contributed by atoms with Crippen molar-refractivity contribution in [3.05, 3.63) is 47.0 Å². The van der Waals surface area contributed by atoms with Crippen LogP contribution in [0.2, 0.25) is 5.02 Å². The zero-order valence-corrected chi connectivity index (χ0v) is 16.9. The average molecular weight is 407 g/mol. The number of rotatable bonds is 7. The van der Waals surface area contributed by atoms with Crippen molar-refractivity contribution in [1.82, 2.24) is 4.98 Å². The van der Waals surface area contributed by atoms with E-state index in [0.717, 1.165) is 33.7 Å². The summed E-state index contributed by atoms with van der Waals surface area (Å²) < 4.78 is 6.17. The fraction of sp³-hybridized carbons (Fsp3) is 0.263. The highest BCUT2D eigenvalue weighted by Crippen LogP contribution is 2.31. The van der Waals surface area contributed by atoms with Crippen molar-refractivity contribution >= 4 is 56.0 Å². The van der Waals surface area contributed by atoms with Crippen LogP contribution in [-0.4, -0.2) is 23.8 Å². The second-order valence-corrected chi connectivity index (χ2v) is 8.32. The number of anilines is 1. The molecule has 0 aliphatic rings. The van der Waals surface area contributed by atoms with E-state index in [9.17, 15) is 4.79 Å². The number of benzene rings is 2. The first-order valence-corrected chi connectivity index (χ1v) is 10.4. The number of aromatic nitrogens is 1. The van der Waals surface area contributed by atoms with Gasteiger partial charge in [-0.1, -0.05) is 22.9 Å². The zero-order valence-electron chi connectivity index (χ0n) is 14.5. The highest BCUT2D eigenvalue weighted by Gasteiger charge is 2.11. The fourth-order valence-corrected chi connectivity index (χ4v) is 4.38. The van der Waals surface area contributed by atoms with Gasteiger partial charge in [0, 0.05) is 16.3 Å². The van der Waals surface area contributed by atoms with Crippen LogP contribution in [0.25, 0.3) is 10.2 Å². The van der Waals surface area contributed by atoms with Crippen molar-refractivity contribution < 1.29 is 9.53 Å². The fourth-order valence-electron chi connectivity index (χ4n) is 2.43. The molecule has 0 atom stereocenters. The number of ether oxygens (including phenoxy) is 1. The summed E-state index contributed by atoms with van der Waals surface area (Å²) in [6.45, 7) is 1.94. The Morgan fingerprint density at radius 3 is 2.77 bits per heavy atom. The van der Waals surface area contributed by atoms with Crippen molar-refractivity contribution in [2.24, 2.45) is 0 Å². The number of thioether (sulfide) groups is 1.